The van der Waals surface area contributed by atoms with E-state index >= 15 is 0 Å². The Morgan fingerprint density at radius 3 is 2.61 bits per heavy atom. The summed E-state index contributed by atoms with van der Waals surface area (Å²) in [5, 5.41) is 3.36. The summed E-state index contributed by atoms with van der Waals surface area (Å²) in [6, 6.07) is 8.67. The van der Waals surface area contributed by atoms with E-state index in [0.29, 0.717) is 49.1 Å². The second-order valence-corrected chi connectivity index (χ2v) is 7.94. The molecule has 0 unspecified atom stereocenters. The highest BCUT2D eigenvalue weighted by molar-refractivity contribution is 7.99. The van der Waals surface area contributed by atoms with Crippen LogP contribution in [0.5, 0.6) is 5.75 Å². The molecule has 1 aromatic heterocycles. The number of methoxy groups -OCH3 is 1. The van der Waals surface area contributed by atoms with E-state index in [9.17, 15) is 14.4 Å². The first-order valence-electron chi connectivity index (χ1n) is 10.1. The number of aromatic nitrogens is 2. The van der Waals surface area contributed by atoms with Gasteiger partial charge in [0.25, 0.3) is 5.56 Å². The van der Waals surface area contributed by atoms with Crippen LogP contribution in [0.3, 0.4) is 0 Å². The van der Waals surface area contributed by atoms with Crippen molar-refractivity contribution in [1.82, 2.24) is 20.2 Å². The van der Waals surface area contributed by atoms with Gasteiger partial charge in [0.05, 0.1) is 25.2 Å². The molecule has 1 aromatic carbocycles. The summed E-state index contributed by atoms with van der Waals surface area (Å²) in [5.41, 5.74) is 1.03. The van der Waals surface area contributed by atoms with Crippen molar-refractivity contribution in [2.45, 2.75) is 31.0 Å². The molecule has 2 heterocycles. The number of likely N-dealkylation sites (tertiary alicyclic amines) is 1. The molecule has 166 valence electrons. The number of piperidine rings is 1. The van der Waals surface area contributed by atoms with Crippen LogP contribution in [0.15, 0.2) is 40.3 Å². The molecule has 9 nitrogen and oxygen atoms in total. The first-order chi connectivity index (χ1) is 15.0. The van der Waals surface area contributed by atoms with E-state index in [1.165, 1.54) is 17.8 Å². The molecule has 1 saturated heterocycles. The lowest BCUT2D eigenvalue weighted by atomic mass is 10.1. The van der Waals surface area contributed by atoms with Crippen molar-refractivity contribution >= 4 is 23.8 Å². The molecule has 0 atom stereocenters. The Bertz CT molecular complexity index is 955. The second kappa shape index (κ2) is 10.9. The molecular formula is C21H26N4O5S. The van der Waals surface area contributed by atoms with Gasteiger partial charge in [0.2, 0.25) is 5.91 Å². The number of benzene rings is 1. The maximum atomic E-state index is 12.3. The summed E-state index contributed by atoms with van der Waals surface area (Å²) in [6.07, 6.45) is 1.05. The minimum absolute atomic E-state index is 0.0106. The Morgan fingerprint density at radius 1 is 1.26 bits per heavy atom. The number of carbonyl (C=O) groups excluding carboxylic acids is 2. The molecule has 0 radical (unpaired) electrons. The van der Waals surface area contributed by atoms with Gasteiger partial charge in [-0.2, -0.15) is 0 Å². The molecule has 0 bridgehead atoms. The number of rotatable bonds is 7. The smallest absolute Gasteiger partial charge is 0.409 e. The van der Waals surface area contributed by atoms with Crippen LogP contribution in [0.1, 0.15) is 19.8 Å². The standard InChI is InChI=1S/C21H26N4O5S/c1-3-30-21(28)25-10-8-15(9-11-25)22-19(27)13-31-20-23-17(12-18(26)24-20)14-4-6-16(29-2)7-5-14/h4-7,12,15H,3,8-11,13H2,1-2H3,(H,22,27)(H,23,24,26). The highest BCUT2D eigenvalue weighted by Gasteiger charge is 2.24. The quantitative estimate of drug-likeness (QED) is 0.495. The maximum absolute atomic E-state index is 12.3. The molecule has 3 rings (SSSR count). The van der Waals surface area contributed by atoms with Crippen molar-refractivity contribution < 1.29 is 19.1 Å². The number of amides is 2. The van der Waals surface area contributed by atoms with E-state index < -0.39 is 0 Å². The third-order valence-electron chi connectivity index (χ3n) is 4.83. The van der Waals surface area contributed by atoms with Gasteiger partial charge in [-0.15, -0.1) is 0 Å². The van der Waals surface area contributed by atoms with Gasteiger partial charge in [-0.1, -0.05) is 11.8 Å². The number of aromatic amines is 1. The number of hydrogen-bond acceptors (Lipinski definition) is 7. The first kappa shape index (κ1) is 22.7. The van der Waals surface area contributed by atoms with Crippen molar-refractivity contribution in [2.24, 2.45) is 0 Å². The molecule has 10 heteroatoms. The van der Waals surface area contributed by atoms with Crippen LogP contribution in [0.25, 0.3) is 11.3 Å². The Morgan fingerprint density at radius 2 is 1.97 bits per heavy atom. The molecule has 1 aliphatic rings. The molecular weight excluding hydrogens is 420 g/mol. The van der Waals surface area contributed by atoms with E-state index in [1.54, 1.807) is 31.1 Å². The number of ether oxygens (including phenoxy) is 2. The van der Waals surface area contributed by atoms with E-state index in [-0.39, 0.29) is 29.4 Å². The van der Waals surface area contributed by atoms with E-state index in [1.807, 2.05) is 12.1 Å². The van der Waals surface area contributed by atoms with E-state index in [2.05, 4.69) is 15.3 Å². The summed E-state index contributed by atoms with van der Waals surface area (Å²) in [5.74, 6) is 0.706. The summed E-state index contributed by atoms with van der Waals surface area (Å²) < 4.78 is 10.1. The minimum Gasteiger partial charge on any atom is -0.497 e. The summed E-state index contributed by atoms with van der Waals surface area (Å²) >= 11 is 1.17. The van der Waals surface area contributed by atoms with Crippen molar-refractivity contribution in [2.75, 3.05) is 32.6 Å². The molecule has 0 saturated carbocycles. The predicted octanol–water partition coefficient (Wildman–Crippen LogP) is 2.27. The van der Waals surface area contributed by atoms with Gasteiger partial charge in [0, 0.05) is 30.8 Å². The molecule has 1 aliphatic heterocycles. The maximum Gasteiger partial charge on any atom is 0.409 e. The van der Waals surface area contributed by atoms with Gasteiger partial charge in [0.1, 0.15) is 5.75 Å². The van der Waals surface area contributed by atoms with Crippen molar-refractivity contribution in [3.63, 3.8) is 0 Å². The van der Waals surface area contributed by atoms with Crippen LogP contribution >= 0.6 is 11.8 Å². The van der Waals surface area contributed by atoms with Crippen LogP contribution in [0.2, 0.25) is 0 Å². The minimum atomic E-state index is -0.311. The molecule has 0 aliphatic carbocycles. The number of nitrogens with one attached hydrogen (secondary N) is 2. The van der Waals surface area contributed by atoms with Crippen molar-refractivity contribution in [1.29, 1.82) is 0 Å². The lowest BCUT2D eigenvalue weighted by Crippen LogP contribution is -2.47. The average molecular weight is 447 g/mol. The SMILES string of the molecule is CCOC(=O)N1CCC(NC(=O)CSc2nc(-c3ccc(OC)cc3)cc(=O)[nH]2)CC1. The van der Waals surface area contributed by atoms with Crippen molar-refractivity contribution in [3.8, 4) is 17.0 Å². The third kappa shape index (κ3) is 6.48. The van der Waals surface area contributed by atoms with Crippen LogP contribution in [0, 0.1) is 0 Å². The Kier molecular flexibility index (Phi) is 7.94. The fourth-order valence-electron chi connectivity index (χ4n) is 3.24. The fraction of sp³-hybridized carbons (Fsp3) is 0.429. The van der Waals surface area contributed by atoms with Gasteiger partial charge < -0.3 is 24.7 Å². The number of thioether (sulfide) groups is 1. The highest BCUT2D eigenvalue weighted by atomic mass is 32.2. The predicted molar refractivity (Wildman–Crippen MR) is 117 cm³/mol. The number of hydrogen-bond donors (Lipinski definition) is 2. The summed E-state index contributed by atoms with van der Waals surface area (Å²) in [6.45, 7) is 3.23. The number of nitrogens with zero attached hydrogens (tertiary/aromatic N) is 2. The lowest BCUT2D eigenvalue weighted by molar-refractivity contribution is -0.119. The monoisotopic (exact) mass is 446 g/mol. The number of carbonyl (C=O) groups is 2. The largest absolute Gasteiger partial charge is 0.497 e. The normalized spacial score (nSPS) is 14.2. The second-order valence-electron chi connectivity index (χ2n) is 6.98. The van der Waals surface area contributed by atoms with Gasteiger partial charge in [0.15, 0.2) is 5.16 Å². The van der Waals surface area contributed by atoms with Crippen molar-refractivity contribution in [3.05, 3.63) is 40.7 Å². The van der Waals surface area contributed by atoms with Gasteiger partial charge >= 0.3 is 6.09 Å². The molecule has 1 fully saturated rings. The summed E-state index contributed by atoms with van der Waals surface area (Å²) in [7, 11) is 1.59. The van der Waals surface area contributed by atoms with Gasteiger partial charge in [-0.25, -0.2) is 9.78 Å². The Balaban J connectivity index is 1.52. The lowest BCUT2D eigenvalue weighted by Gasteiger charge is -2.31. The fourth-order valence-corrected chi connectivity index (χ4v) is 3.92. The van der Waals surface area contributed by atoms with E-state index in [4.69, 9.17) is 9.47 Å². The first-order valence-corrected chi connectivity index (χ1v) is 11.1. The highest BCUT2D eigenvalue weighted by Crippen LogP contribution is 2.21. The molecule has 0 spiro atoms. The molecule has 2 aromatic rings. The van der Waals surface area contributed by atoms with Gasteiger partial charge in [-0.3, -0.25) is 9.59 Å². The summed E-state index contributed by atoms with van der Waals surface area (Å²) in [4.78, 5) is 44.9. The number of H-pyrrole nitrogens is 1. The topological polar surface area (TPSA) is 114 Å². The Hall–Kier alpha value is -3.01. The Labute approximate surface area is 184 Å². The zero-order valence-corrected chi connectivity index (χ0v) is 18.4. The van der Waals surface area contributed by atoms with Crippen LogP contribution in [-0.4, -0.2) is 65.5 Å². The van der Waals surface area contributed by atoms with Crippen LogP contribution < -0.4 is 15.6 Å². The van der Waals surface area contributed by atoms with E-state index in [0.717, 1.165) is 5.56 Å². The van der Waals surface area contributed by atoms with Crippen LogP contribution in [-0.2, 0) is 9.53 Å². The molecule has 31 heavy (non-hydrogen) atoms. The zero-order valence-electron chi connectivity index (χ0n) is 17.6. The third-order valence-corrected chi connectivity index (χ3v) is 5.71. The van der Waals surface area contributed by atoms with Crippen LogP contribution in [0.4, 0.5) is 4.79 Å². The van der Waals surface area contributed by atoms with Gasteiger partial charge in [-0.05, 0) is 44.0 Å². The molecule has 2 amide bonds. The average Bonchev–Trinajstić information content (AvgIpc) is 2.78. The zero-order chi connectivity index (χ0) is 22.2. The molecule has 2 N–H and O–H groups in total.